The minimum atomic E-state index is -4.60. The number of rotatable bonds is 2. The highest BCUT2D eigenvalue weighted by Crippen LogP contribution is 2.33. The number of aromatic nitrogens is 2. The second-order valence-corrected chi connectivity index (χ2v) is 4.87. The molecule has 0 aliphatic carbocycles. The van der Waals surface area contributed by atoms with Gasteiger partial charge in [0.15, 0.2) is 0 Å². The molecule has 118 valence electrons. The Morgan fingerprint density at radius 2 is 1.57 bits per heavy atom. The average molecular weight is 324 g/mol. The molecule has 0 atom stereocenters. The predicted octanol–water partition coefficient (Wildman–Crippen LogP) is 5.04. The summed E-state index contributed by atoms with van der Waals surface area (Å²) in [7, 11) is 0. The van der Waals surface area contributed by atoms with E-state index < -0.39 is 23.4 Å². The van der Waals surface area contributed by atoms with Crippen molar-refractivity contribution in [3.8, 4) is 22.5 Å². The molecule has 0 saturated carbocycles. The monoisotopic (exact) mass is 324 g/mol. The van der Waals surface area contributed by atoms with Gasteiger partial charge in [-0.15, -0.1) is 0 Å². The lowest BCUT2D eigenvalue weighted by atomic mass is 10.1. The fourth-order valence-corrected chi connectivity index (χ4v) is 2.14. The Labute approximate surface area is 127 Å². The Balaban J connectivity index is 1.96. The van der Waals surface area contributed by atoms with Gasteiger partial charge in [0, 0.05) is 11.1 Å². The Kier molecular flexibility index (Phi) is 3.63. The number of aromatic amines is 1. The molecule has 0 radical (unpaired) electrons. The van der Waals surface area contributed by atoms with Gasteiger partial charge in [0.1, 0.15) is 11.6 Å². The number of hydrogen-bond acceptors (Lipinski definition) is 1. The summed E-state index contributed by atoms with van der Waals surface area (Å²) in [6, 6.07) is 9.27. The van der Waals surface area contributed by atoms with Crippen LogP contribution in [0.3, 0.4) is 0 Å². The van der Waals surface area contributed by atoms with Crippen molar-refractivity contribution in [3.63, 3.8) is 0 Å². The molecule has 0 amide bonds. The molecular formula is C16H9F5N2. The van der Waals surface area contributed by atoms with E-state index in [0.29, 0.717) is 17.3 Å². The maximum atomic E-state index is 13.9. The minimum absolute atomic E-state index is 0.0288. The van der Waals surface area contributed by atoms with Crippen LogP contribution in [0.1, 0.15) is 5.56 Å². The quantitative estimate of drug-likeness (QED) is 0.657. The number of nitrogens with one attached hydrogen (secondary N) is 1. The topological polar surface area (TPSA) is 28.7 Å². The molecule has 2 aromatic carbocycles. The van der Waals surface area contributed by atoms with E-state index in [-0.39, 0.29) is 11.3 Å². The van der Waals surface area contributed by atoms with Gasteiger partial charge in [0.25, 0.3) is 0 Å². The molecule has 0 bridgehead atoms. The fraction of sp³-hybridized carbons (Fsp3) is 0.0625. The molecule has 3 aromatic rings. The average Bonchev–Trinajstić information content (AvgIpc) is 2.96. The lowest BCUT2D eigenvalue weighted by Crippen LogP contribution is -2.05. The molecule has 1 aromatic heterocycles. The molecule has 23 heavy (non-hydrogen) atoms. The van der Waals surface area contributed by atoms with E-state index in [1.165, 1.54) is 30.3 Å². The number of H-pyrrole nitrogens is 1. The van der Waals surface area contributed by atoms with Crippen molar-refractivity contribution < 1.29 is 22.0 Å². The van der Waals surface area contributed by atoms with Crippen molar-refractivity contribution in [1.82, 2.24) is 10.2 Å². The molecule has 0 aliphatic rings. The van der Waals surface area contributed by atoms with E-state index >= 15 is 0 Å². The van der Waals surface area contributed by atoms with E-state index in [9.17, 15) is 22.0 Å². The third-order valence-electron chi connectivity index (χ3n) is 3.30. The van der Waals surface area contributed by atoms with Crippen LogP contribution in [0.2, 0.25) is 0 Å². The summed E-state index contributed by atoms with van der Waals surface area (Å²) in [6.07, 6.45) is -4.60. The maximum Gasteiger partial charge on any atom is 0.416 e. The summed E-state index contributed by atoms with van der Waals surface area (Å²) in [4.78, 5) is 0. The highest BCUT2D eigenvalue weighted by atomic mass is 19.4. The van der Waals surface area contributed by atoms with Crippen LogP contribution in [0.25, 0.3) is 22.5 Å². The maximum absolute atomic E-state index is 13.9. The first-order valence-electron chi connectivity index (χ1n) is 6.53. The van der Waals surface area contributed by atoms with Gasteiger partial charge in [0.05, 0.1) is 17.0 Å². The summed E-state index contributed by atoms with van der Waals surface area (Å²) >= 11 is 0. The zero-order valence-electron chi connectivity index (χ0n) is 11.5. The Morgan fingerprint density at radius 3 is 2.17 bits per heavy atom. The zero-order chi connectivity index (χ0) is 16.6. The molecule has 7 heteroatoms. The summed E-state index contributed by atoms with van der Waals surface area (Å²) in [5, 5.41) is 6.54. The lowest BCUT2D eigenvalue weighted by Gasteiger charge is -2.08. The van der Waals surface area contributed by atoms with E-state index in [0.717, 1.165) is 12.1 Å². The van der Waals surface area contributed by atoms with Crippen molar-refractivity contribution in [2.75, 3.05) is 0 Å². The van der Waals surface area contributed by atoms with E-state index in [4.69, 9.17) is 0 Å². The van der Waals surface area contributed by atoms with Crippen LogP contribution in [0.15, 0.2) is 48.5 Å². The van der Waals surface area contributed by atoms with Gasteiger partial charge in [0.2, 0.25) is 0 Å². The third kappa shape index (κ3) is 3.08. The van der Waals surface area contributed by atoms with Crippen LogP contribution in [0.5, 0.6) is 0 Å². The van der Waals surface area contributed by atoms with Gasteiger partial charge < -0.3 is 0 Å². The predicted molar refractivity (Wildman–Crippen MR) is 74.4 cm³/mol. The number of benzene rings is 2. The van der Waals surface area contributed by atoms with Crippen molar-refractivity contribution in [2.45, 2.75) is 6.18 Å². The van der Waals surface area contributed by atoms with Crippen LogP contribution in [0, 0.1) is 11.6 Å². The van der Waals surface area contributed by atoms with E-state index in [2.05, 4.69) is 10.2 Å². The van der Waals surface area contributed by atoms with Crippen LogP contribution >= 0.6 is 0 Å². The largest absolute Gasteiger partial charge is 0.416 e. The highest BCUT2D eigenvalue weighted by Gasteiger charge is 2.31. The molecule has 3 rings (SSSR count). The van der Waals surface area contributed by atoms with Crippen molar-refractivity contribution in [2.24, 2.45) is 0 Å². The first-order chi connectivity index (χ1) is 10.8. The second-order valence-electron chi connectivity index (χ2n) is 4.87. The van der Waals surface area contributed by atoms with Gasteiger partial charge in [-0.05, 0) is 48.5 Å². The molecule has 0 aliphatic heterocycles. The molecule has 1 heterocycles. The van der Waals surface area contributed by atoms with E-state index in [1.54, 1.807) is 0 Å². The number of halogens is 5. The molecule has 1 N–H and O–H groups in total. The highest BCUT2D eigenvalue weighted by molar-refractivity contribution is 5.68. The van der Waals surface area contributed by atoms with Gasteiger partial charge in [-0.1, -0.05) is 0 Å². The molecule has 0 spiro atoms. The Morgan fingerprint density at radius 1 is 0.870 bits per heavy atom. The van der Waals surface area contributed by atoms with Gasteiger partial charge >= 0.3 is 6.18 Å². The second kappa shape index (κ2) is 5.49. The lowest BCUT2D eigenvalue weighted by molar-refractivity contribution is -0.137. The summed E-state index contributed by atoms with van der Waals surface area (Å²) in [5.41, 5.74) is 0.173. The van der Waals surface area contributed by atoms with E-state index in [1.807, 2.05) is 0 Å². The first-order valence-corrected chi connectivity index (χ1v) is 6.53. The smallest absolute Gasteiger partial charge is 0.277 e. The summed E-state index contributed by atoms with van der Waals surface area (Å²) < 4.78 is 64.5. The van der Waals surface area contributed by atoms with Crippen molar-refractivity contribution in [3.05, 3.63) is 65.7 Å². The zero-order valence-corrected chi connectivity index (χ0v) is 11.5. The SMILES string of the molecule is Fc1ccc(-c2cc(-c3ccc(C(F)(F)F)cc3F)[nH]n2)cc1. The van der Waals surface area contributed by atoms with Gasteiger partial charge in [-0.2, -0.15) is 18.3 Å². The minimum Gasteiger partial charge on any atom is -0.277 e. The van der Waals surface area contributed by atoms with Crippen molar-refractivity contribution in [1.29, 1.82) is 0 Å². The number of alkyl halides is 3. The Hall–Kier alpha value is -2.70. The standard InChI is InChI=1S/C16H9F5N2/c17-11-4-1-9(2-5-11)14-8-15(23-22-14)12-6-3-10(7-13(12)18)16(19,20)21/h1-8H,(H,22,23). The number of hydrogen-bond donors (Lipinski definition) is 1. The van der Waals surface area contributed by atoms with Crippen LogP contribution in [-0.2, 0) is 6.18 Å². The molecule has 2 nitrogen and oxygen atoms in total. The third-order valence-corrected chi connectivity index (χ3v) is 3.30. The Bertz CT molecular complexity index is 834. The first kappa shape index (κ1) is 15.2. The summed E-state index contributed by atoms with van der Waals surface area (Å²) in [5.74, 6) is -1.41. The molecule has 0 unspecified atom stereocenters. The fourth-order valence-electron chi connectivity index (χ4n) is 2.14. The van der Waals surface area contributed by atoms with Crippen LogP contribution < -0.4 is 0 Å². The van der Waals surface area contributed by atoms with Crippen molar-refractivity contribution >= 4 is 0 Å². The normalized spacial score (nSPS) is 11.7. The van der Waals surface area contributed by atoms with Crippen LogP contribution in [-0.4, -0.2) is 10.2 Å². The number of nitrogens with zero attached hydrogens (tertiary/aromatic N) is 1. The molecule has 0 saturated heterocycles. The van der Waals surface area contributed by atoms with Gasteiger partial charge in [-0.3, -0.25) is 5.10 Å². The van der Waals surface area contributed by atoms with Gasteiger partial charge in [-0.25, -0.2) is 8.78 Å². The molecular weight excluding hydrogens is 315 g/mol. The summed E-state index contributed by atoms with van der Waals surface area (Å²) in [6.45, 7) is 0. The molecule has 0 fully saturated rings. The van der Waals surface area contributed by atoms with Crippen LogP contribution in [0.4, 0.5) is 22.0 Å².